The second-order valence-corrected chi connectivity index (χ2v) is 16.3. The number of fused-ring (bicyclic) bond motifs is 1. The van der Waals surface area contributed by atoms with Crippen LogP contribution in [0, 0.1) is 0 Å². The highest BCUT2D eigenvalue weighted by Gasteiger charge is 2.30. The van der Waals surface area contributed by atoms with Crippen LogP contribution in [-0.4, -0.2) is 73.2 Å². The van der Waals surface area contributed by atoms with Crippen molar-refractivity contribution in [2.75, 3.05) is 43.6 Å². The molecule has 0 radical (unpaired) electrons. The van der Waals surface area contributed by atoms with Gasteiger partial charge in [-0.25, -0.2) is 15.0 Å². The fourth-order valence-corrected chi connectivity index (χ4v) is 4.94. The van der Waals surface area contributed by atoms with Gasteiger partial charge in [-0.2, -0.15) is 13.2 Å². The Balaban J connectivity index is 1.66. The number of ether oxygens (including phenoxy) is 2. The van der Waals surface area contributed by atoms with Crippen LogP contribution in [0.15, 0.2) is 30.6 Å². The van der Waals surface area contributed by atoms with Gasteiger partial charge in [0.05, 0.1) is 16.9 Å². The van der Waals surface area contributed by atoms with E-state index in [0.717, 1.165) is 59.4 Å². The summed E-state index contributed by atoms with van der Waals surface area (Å²) < 4.78 is 52.4. The van der Waals surface area contributed by atoms with Gasteiger partial charge in [-0.05, 0) is 31.0 Å². The summed E-state index contributed by atoms with van der Waals surface area (Å²) in [6, 6.07) is 6.96. The third-order valence-electron chi connectivity index (χ3n) is 6.24. The van der Waals surface area contributed by atoms with Gasteiger partial charge in [0.25, 0.3) is 0 Å². The zero-order valence-corrected chi connectivity index (χ0v) is 22.8. The van der Waals surface area contributed by atoms with E-state index in [0.29, 0.717) is 25.1 Å². The molecular weight excluding hydrogens is 501 g/mol. The number of pyridine rings is 1. The molecular formula is C25H35F3N6O2Si. The van der Waals surface area contributed by atoms with E-state index >= 15 is 0 Å². The number of halogens is 3. The van der Waals surface area contributed by atoms with Crippen molar-refractivity contribution in [3.05, 3.63) is 30.6 Å². The number of aromatic nitrogens is 4. The number of nitrogens with one attached hydrogen (secondary N) is 1. The minimum atomic E-state index is -4.35. The van der Waals surface area contributed by atoms with Gasteiger partial charge < -0.3 is 24.3 Å². The van der Waals surface area contributed by atoms with Crippen LogP contribution in [0.1, 0.15) is 12.8 Å². The predicted molar refractivity (Wildman–Crippen MR) is 142 cm³/mol. The van der Waals surface area contributed by atoms with Gasteiger partial charge in [0.15, 0.2) is 0 Å². The van der Waals surface area contributed by atoms with Gasteiger partial charge in [0.2, 0.25) is 5.95 Å². The number of nitrogens with zero attached hydrogens (tertiary/aromatic N) is 5. The molecule has 3 aromatic heterocycles. The Morgan fingerprint density at radius 2 is 1.95 bits per heavy atom. The molecule has 1 N–H and O–H groups in total. The first-order valence-electron chi connectivity index (χ1n) is 12.5. The molecule has 1 aliphatic heterocycles. The Hall–Kier alpha value is -2.70. The molecule has 3 aromatic rings. The van der Waals surface area contributed by atoms with Crippen LogP contribution in [0.3, 0.4) is 0 Å². The lowest BCUT2D eigenvalue weighted by atomic mass is 10.1. The molecule has 0 spiro atoms. The van der Waals surface area contributed by atoms with E-state index in [1.165, 1.54) is 13.2 Å². The molecule has 202 valence electrons. The maximum Gasteiger partial charge on any atom is 0.406 e. The van der Waals surface area contributed by atoms with Gasteiger partial charge >= 0.3 is 6.18 Å². The Labute approximate surface area is 216 Å². The van der Waals surface area contributed by atoms with E-state index < -0.39 is 20.8 Å². The van der Waals surface area contributed by atoms with Crippen LogP contribution >= 0.6 is 0 Å². The van der Waals surface area contributed by atoms with Crippen molar-refractivity contribution in [1.82, 2.24) is 19.5 Å². The van der Waals surface area contributed by atoms with Crippen molar-refractivity contribution < 1.29 is 22.6 Å². The Bertz CT molecular complexity index is 1190. The first kappa shape index (κ1) is 27.3. The molecule has 12 heteroatoms. The van der Waals surface area contributed by atoms with Gasteiger partial charge in [-0.15, -0.1) is 0 Å². The van der Waals surface area contributed by atoms with Crippen LogP contribution in [0.25, 0.3) is 22.3 Å². The van der Waals surface area contributed by atoms with Crippen molar-refractivity contribution in [3.8, 4) is 11.4 Å². The van der Waals surface area contributed by atoms with Crippen molar-refractivity contribution >= 4 is 30.7 Å². The first-order chi connectivity index (χ1) is 17.5. The lowest BCUT2D eigenvalue weighted by molar-refractivity contribution is -0.119. The molecule has 0 aliphatic carbocycles. The molecule has 37 heavy (non-hydrogen) atoms. The number of alkyl halides is 3. The summed E-state index contributed by atoms with van der Waals surface area (Å²) in [5.74, 6) is 0.770. The molecule has 1 saturated heterocycles. The smallest absolute Gasteiger partial charge is 0.381 e. The average molecular weight is 537 g/mol. The molecule has 8 nitrogen and oxygen atoms in total. The van der Waals surface area contributed by atoms with Crippen LogP contribution < -0.4 is 10.2 Å². The lowest BCUT2D eigenvalue weighted by Crippen LogP contribution is -2.32. The average Bonchev–Trinajstić information content (AvgIpc) is 3.19. The topological polar surface area (TPSA) is 77.3 Å². The normalized spacial score (nSPS) is 15.3. The molecule has 4 rings (SSSR count). The molecule has 0 amide bonds. The fourth-order valence-electron chi connectivity index (χ4n) is 4.19. The summed E-state index contributed by atoms with van der Waals surface area (Å²) >= 11 is 0. The maximum absolute atomic E-state index is 12.9. The number of hydrogen-bond acceptors (Lipinski definition) is 7. The molecule has 1 aliphatic rings. The Morgan fingerprint density at radius 1 is 1.19 bits per heavy atom. The standard InChI is InChI=1S/C25H35F3N6O2Si/c1-33(16-25(26,27)28)24-29-8-5-20(32-24)22-13-18-15-30-23(31-19-6-9-35-10-7-19)14-21(18)34(22)17-36-11-12-37(2,3)4/h5,8,13-15,19H,6-7,9-12,16-17H2,1-4H3,(H,30,31). The number of anilines is 2. The van der Waals surface area contributed by atoms with Crippen LogP contribution in [0.4, 0.5) is 24.9 Å². The molecule has 4 heterocycles. The highest BCUT2D eigenvalue weighted by atomic mass is 28.3. The molecule has 0 atom stereocenters. The van der Waals surface area contributed by atoms with Gasteiger partial charge in [0.1, 0.15) is 19.1 Å². The number of rotatable bonds is 10. The second kappa shape index (κ2) is 11.4. The zero-order valence-electron chi connectivity index (χ0n) is 21.8. The number of hydrogen-bond donors (Lipinski definition) is 1. The SMILES string of the molecule is CN(CC(F)(F)F)c1nccc(-c2cc3cnc(NC4CCOCC4)cc3n2COCC[Si](C)(C)C)n1. The first-order valence-corrected chi connectivity index (χ1v) is 16.2. The van der Waals surface area contributed by atoms with E-state index in [1.807, 2.05) is 16.7 Å². The van der Waals surface area contributed by atoms with Crippen LogP contribution in [0.5, 0.6) is 0 Å². The largest absolute Gasteiger partial charge is 0.406 e. The second-order valence-electron chi connectivity index (χ2n) is 10.7. The van der Waals surface area contributed by atoms with E-state index in [9.17, 15) is 13.2 Å². The molecule has 0 saturated carbocycles. The van der Waals surface area contributed by atoms with E-state index in [-0.39, 0.29) is 5.95 Å². The molecule has 0 bridgehead atoms. The van der Waals surface area contributed by atoms with Crippen LogP contribution in [0.2, 0.25) is 25.7 Å². The highest BCUT2D eigenvalue weighted by Crippen LogP contribution is 2.30. The van der Waals surface area contributed by atoms with E-state index in [2.05, 4.69) is 39.9 Å². The molecule has 1 fully saturated rings. The Morgan fingerprint density at radius 3 is 2.65 bits per heavy atom. The predicted octanol–water partition coefficient (Wildman–Crippen LogP) is 5.40. The minimum Gasteiger partial charge on any atom is -0.381 e. The van der Waals surface area contributed by atoms with E-state index in [1.54, 1.807) is 12.3 Å². The monoisotopic (exact) mass is 536 g/mol. The molecule has 0 aromatic carbocycles. The van der Waals surface area contributed by atoms with Crippen LogP contribution in [-0.2, 0) is 16.2 Å². The summed E-state index contributed by atoms with van der Waals surface area (Å²) in [6.45, 7) is 8.14. The third kappa shape index (κ3) is 7.65. The van der Waals surface area contributed by atoms with Crippen molar-refractivity contribution in [2.45, 2.75) is 57.5 Å². The van der Waals surface area contributed by atoms with Gasteiger partial charge in [0, 0.05) is 64.8 Å². The summed E-state index contributed by atoms with van der Waals surface area (Å²) in [5, 5.41) is 4.40. The van der Waals surface area contributed by atoms with Crippen molar-refractivity contribution in [2.24, 2.45) is 0 Å². The zero-order chi connectivity index (χ0) is 26.6. The quantitative estimate of drug-likeness (QED) is 0.275. The van der Waals surface area contributed by atoms with E-state index in [4.69, 9.17) is 9.47 Å². The fraction of sp³-hybridized carbons (Fsp3) is 0.560. The van der Waals surface area contributed by atoms with Gasteiger partial charge in [-0.1, -0.05) is 19.6 Å². The summed E-state index contributed by atoms with van der Waals surface area (Å²) in [7, 11) is 0.0663. The minimum absolute atomic E-state index is 0.00581. The van der Waals surface area contributed by atoms with Gasteiger partial charge in [-0.3, -0.25) is 0 Å². The lowest BCUT2D eigenvalue weighted by Gasteiger charge is -2.23. The highest BCUT2D eigenvalue weighted by molar-refractivity contribution is 6.76. The third-order valence-corrected chi connectivity index (χ3v) is 7.94. The summed E-state index contributed by atoms with van der Waals surface area (Å²) in [5.41, 5.74) is 2.16. The summed E-state index contributed by atoms with van der Waals surface area (Å²) in [6.07, 6.45) is 0.764. The van der Waals surface area contributed by atoms with Crippen molar-refractivity contribution in [1.29, 1.82) is 0 Å². The van der Waals surface area contributed by atoms with Crippen molar-refractivity contribution in [3.63, 3.8) is 0 Å². The Kier molecular flexibility index (Phi) is 8.39. The summed E-state index contributed by atoms with van der Waals surface area (Å²) in [4.78, 5) is 14.1. The molecule has 0 unspecified atom stereocenters. The maximum atomic E-state index is 12.9.